The zero-order valence-electron chi connectivity index (χ0n) is 15.9. The molecule has 5 rings (SSSR count). The van der Waals surface area contributed by atoms with E-state index in [1.807, 2.05) is 23.1 Å². The Kier molecular flexibility index (Phi) is 3.87. The number of fused-ring (bicyclic) bond motifs is 2. The number of nitrogens with zero attached hydrogens (tertiary/aromatic N) is 4. The zero-order valence-corrected chi connectivity index (χ0v) is 15.9. The summed E-state index contributed by atoms with van der Waals surface area (Å²) in [5.41, 5.74) is 1.97. The maximum atomic E-state index is 13.6. The maximum Gasteiger partial charge on any atom is 0.330 e. The Morgan fingerprint density at radius 2 is 1.86 bits per heavy atom. The number of para-hydroxylation sites is 1. The molecule has 3 aliphatic rings. The van der Waals surface area contributed by atoms with Crippen LogP contribution in [0.5, 0.6) is 0 Å². The van der Waals surface area contributed by atoms with E-state index in [9.17, 15) is 9.59 Å². The third-order valence-corrected chi connectivity index (χ3v) is 6.13. The molecule has 2 fully saturated rings. The number of benzene rings is 1. The molecule has 0 saturated carbocycles. The van der Waals surface area contributed by atoms with E-state index < -0.39 is 0 Å². The number of likely N-dealkylation sites (tertiary alicyclic amines) is 2. The van der Waals surface area contributed by atoms with Gasteiger partial charge in [-0.05, 0) is 49.6 Å². The Morgan fingerprint density at radius 3 is 2.61 bits per heavy atom. The van der Waals surface area contributed by atoms with Crippen molar-refractivity contribution in [3.05, 3.63) is 48.2 Å². The predicted molar refractivity (Wildman–Crippen MR) is 107 cm³/mol. The molecule has 0 atom stereocenters. The molecule has 1 spiro atoms. The van der Waals surface area contributed by atoms with Gasteiger partial charge in [-0.25, -0.2) is 14.7 Å². The number of urea groups is 1. The molecular weight excluding hydrogens is 354 g/mol. The van der Waals surface area contributed by atoms with Gasteiger partial charge in [-0.3, -0.25) is 4.79 Å². The van der Waals surface area contributed by atoms with Gasteiger partial charge in [0.05, 0.1) is 16.9 Å². The standard InChI is InChI=1S/C21H23N5O2/c1-24-13-21(14-24)8-11-25(12-9-21)20(28)26-17-7-3-2-5-15(17)19(27)23-16-6-4-10-22-18(16)26/h2-7,10H,8-9,11-14H2,1H3,(H,23,27). The fourth-order valence-electron chi connectivity index (χ4n) is 4.76. The number of carbonyl (C=O) groups excluding carboxylic acids is 2. The van der Waals surface area contributed by atoms with Crippen molar-refractivity contribution < 1.29 is 9.59 Å². The average Bonchev–Trinajstić information content (AvgIpc) is 2.81. The van der Waals surface area contributed by atoms with Crippen molar-refractivity contribution in [2.24, 2.45) is 5.41 Å². The van der Waals surface area contributed by atoms with Crippen LogP contribution in [0.4, 0.5) is 22.0 Å². The fourth-order valence-corrected chi connectivity index (χ4v) is 4.76. The van der Waals surface area contributed by atoms with Crippen LogP contribution >= 0.6 is 0 Å². The predicted octanol–water partition coefficient (Wildman–Crippen LogP) is 2.93. The molecule has 0 aliphatic carbocycles. The zero-order chi connectivity index (χ0) is 19.3. The highest BCUT2D eigenvalue weighted by molar-refractivity contribution is 6.16. The first-order chi connectivity index (χ1) is 13.6. The number of aromatic nitrogens is 1. The minimum absolute atomic E-state index is 0.119. The summed E-state index contributed by atoms with van der Waals surface area (Å²) in [6, 6.07) is 10.6. The molecule has 0 radical (unpaired) electrons. The van der Waals surface area contributed by atoms with Gasteiger partial charge < -0.3 is 15.1 Å². The second-order valence-electron chi connectivity index (χ2n) is 8.12. The molecular formula is C21H23N5O2. The summed E-state index contributed by atoms with van der Waals surface area (Å²) in [7, 11) is 2.14. The second kappa shape index (κ2) is 6.31. The quantitative estimate of drug-likeness (QED) is 0.766. The Morgan fingerprint density at radius 1 is 1.11 bits per heavy atom. The number of hydrogen-bond donors (Lipinski definition) is 1. The van der Waals surface area contributed by atoms with Crippen LogP contribution in [-0.2, 0) is 0 Å². The van der Waals surface area contributed by atoms with Gasteiger partial charge in [0.2, 0.25) is 0 Å². The molecule has 7 nitrogen and oxygen atoms in total. The van der Waals surface area contributed by atoms with Crippen LogP contribution in [0.15, 0.2) is 42.6 Å². The third kappa shape index (κ3) is 2.65. The van der Waals surface area contributed by atoms with Crippen LogP contribution in [0.2, 0.25) is 0 Å². The van der Waals surface area contributed by atoms with Crippen molar-refractivity contribution in [1.82, 2.24) is 14.8 Å². The van der Waals surface area contributed by atoms with E-state index in [2.05, 4.69) is 22.2 Å². The lowest BCUT2D eigenvalue weighted by atomic mass is 9.72. The summed E-state index contributed by atoms with van der Waals surface area (Å²) < 4.78 is 0. The van der Waals surface area contributed by atoms with Gasteiger partial charge in [-0.15, -0.1) is 0 Å². The van der Waals surface area contributed by atoms with Crippen LogP contribution in [0.25, 0.3) is 0 Å². The molecule has 144 valence electrons. The van der Waals surface area contributed by atoms with Crippen molar-refractivity contribution in [1.29, 1.82) is 0 Å². The summed E-state index contributed by atoms with van der Waals surface area (Å²) in [6.45, 7) is 3.69. The minimum Gasteiger partial charge on any atom is -0.324 e. The summed E-state index contributed by atoms with van der Waals surface area (Å²) >= 11 is 0. The Labute approximate surface area is 163 Å². The summed E-state index contributed by atoms with van der Waals surface area (Å²) in [4.78, 5) is 36.5. The lowest BCUT2D eigenvalue weighted by molar-refractivity contribution is -0.0226. The minimum atomic E-state index is -0.227. The molecule has 1 aromatic heterocycles. The molecule has 1 N–H and O–H groups in total. The van der Waals surface area contributed by atoms with Crippen LogP contribution in [0.1, 0.15) is 23.2 Å². The number of anilines is 3. The molecule has 3 amide bonds. The van der Waals surface area contributed by atoms with Crippen molar-refractivity contribution in [2.45, 2.75) is 12.8 Å². The average molecular weight is 377 g/mol. The van der Waals surface area contributed by atoms with Crippen molar-refractivity contribution >= 4 is 29.1 Å². The van der Waals surface area contributed by atoms with Gasteiger partial charge in [-0.1, -0.05) is 12.1 Å². The lowest BCUT2D eigenvalue weighted by Gasteiger charge is -2.53. The topological polar surface area (TPSA) is 68.8 Å². The third-order valence-electron chi connectivity index (χ3n) is 6.13. The molecule has 1 aromatic carbocycles. The number of piperidine rings is 1. The van der Waals surface area contributed by atoms with E-state index in [0.717, 1.165) is 39.0 Å². The Hall–Kier alpha value is -2.93. The van der Waals surface area contributed by atoms with E-state index in [1.165, 1.54) is 0 Å². The van der Waals surface area contributed by atoms with E-state index in [1.54, 1.807) is 29.3 Å². The van der Waals surface area contributed by atoms with Crippen LogP contribution in [0.3, 0.4) is 0 Å². The van der Waals surface area contributed by atoms with Crippen LogP contribution in [0, 0.1) is 5.41 Å². The number of nitrogens with one attached hydrogen (secondary N) is 1. The number of rotatable bonds is 0. The van der Waals surface area contributed by atoms with E-state index in [4.69, 9.17) is 0 Å². The molecule has 3 aliphatic heterocycles. The van der Waals surface area contributed by atoms with Crippen LogP contribution in [-0.4, -0.2) is 59.9 Å². The molecule has 2 saturated heterocycles. The number of amides is 3. The van der Waals surface area contributed by atoms with E-state index in [-0.39, 0.29) is 11.9 Å². The van der Waals surface area contributed by atoms with Gasteiger partial charge in [0.25, 0.3) is 5.91 Å². The maximum absolute atomic E-state index is 13.6. The highest BCUT2D eigenvalue weighted by atomic mass is 16.2. The molecule has 2 aromatic rings. The van der Waals surface area contributed by atoms with Gasteiger partial charge in [-0.2, -0.15) is 0 Å². The number of hydrogen-bond acceptors (Lipinski definition) is 4. The van der Waals surface area contributed by atoms with Gasteiger partial charge in [0.1, 0.15) is 0 Å². The smallest absolute Gasteiger partial charge is 0.324 e. The Balaban J connectivity index is 1.49. The highest BCUT2D eigenvalue weighted by Crippen LogP contribution is 2.41. The highest BCUT2D eigenvalue weighted by Gasteiger charge is 2.45. The second-order valence-corrected chi connectivity index (χ2v) is 8.12. The van der Waals surface area contributed by atoms with E-state index >= 15 is 0 Å². The summed E-state index contributed by atoms with van der Waals surface area (Å²) in [5.74, 6) is 0.240. The molecule has 0 bridgehead atoms. The van der Waals surface area contributed by atoms with E-state index in [0.29, 0.717) is 28.2 Å². The van der Waals surface area contributed by atoms with Gasteiger partial charge in [0.15, 0.2) is 5.82 Å². The lowest BCUT2D eigenvalue weighted by Crippen LogP contribution is -2.60. The Bertz CT molecular complexity index is 943. The number of pyridine rings is 1. The summed E-state index contributed by atoms with van der Waals surface area (Å²) in [6.07, 6.45) is 3.68. The van der Waals surface area contributed by atoms with Crippen molar-refractivity contribution in [3.63, 3.8) is 0 Å². The largest absolute Gasteiger partial charge is 0.330 e. The van der Waals surface area contributed by atoms with Gasteiger partial charge in [0, 0.05) is 32.4 Å². The normalized spacial score (nSPS) is 20.7. The molecule has 28 heavy (non-hydrogen) atoms. The van der Waals surface area contributed by atoms with Gasteiger partial charge >= 0.3 is 6.03 Å². The first-order valence-corrected chi connectivity index (χ1v) is 9.69. The van der Waals surface area contributed by atoms with Crippen LogP contribution < -0.4 is 10.2 Å². The molecule has 4 heterocycles. The van der Waals surface area contributed by atoms with Crippen molar-refractivity contribution in [2.75, 3.05) is 43.4 Å². The molecule has 0 unspecified atom stereocenters. The fraction of sp³-hybridized carbons (Fsp3) is 0.381. The van der Waals surface area contributed by atoms with Crippen molar-refractivity contribution in [3.8, 4) is 0 Å². The monoisotopic (exact) mass is 377 g/mol. The SMILES string of the molecule is CN1CC2(CCN(C(=O)N3c4ccccc4C(=O)Nc4cccnc43)CC2)C1. The number of carbonyl (C=O) groups is 2. The molecule has 7 heteroatoms. The first kappa shape index (κ1) is 17.2. The summed E-state index contributed by atoms with van der Waals surface area (Å²) in [5, 5.41) is 2.88. The first-order valence-electron chi connectivity index (χ1n) is 9.69.